The summed E-state index contributed by atoms with van der Waals surface area (Å²) >= 11 is 5.71. The molecule has 0 aliphatic heterocycles. The first-order valence-electron chi connectivity index (χ1n) is 5.32. The largest absolute Gasteiger partial charge is 0.393 e. The second kappa shape index (κ2) is 6.32. The van der Waals surface area contributed by atoms with Gasteiger partial charge in [0.05, 0.1) is 11.0 Å². The highest BCUT2D eigenvalue weighted by molar-refractivity contribution is 6.31. The van der Waals surface area contributed by atoms with Crippen LogP contribution in [-0.4, -0.2) is 28.6 Å². The summed E-state index contributed by atoms with van der Waals surface area (Å²) < 4.78 is 0. The number of rotatable bonds is 5. The Bertz CT molecular complexity index is 462. The number of halogens is 1. The summed E-state index contributed by atoms with van der Waals surface area (Å²) in [5, 5.41) is 22.5. The average molecular weight is 273 g/mol. The zero-order valence-electron chi connectivity index (χ0n) is 9.72. The normalized spacial score (nSPS) is 11.9. The lowest BCUT2D eigenvalue weighted by atomic mass is 10.1. The molecule has 1 amide bonds. The van der Waals surface area contributed by atoms with Crippen molar-refractivity contribution in [2.45, 2.75) is 19.4 Å². The van der Waals surface area contributed by atoms with Gasteiger partial charge in [0, 0.05) is 17.6 Å². The molecule has 0 aliphatic rings. The number of nitrogens with zero attached hydrogens (tertiary/aromatic N) is 1. The molecule has 0 saturated heterocycles. The van der Waals surface area contributed by atoms with Crippen molar-refractivity contribution in [3.05, 3.63) is 38.9 Å². The van der Waals surface area contributed by atoms with Crippen LogP contribution in [0, 0.1) is 10.1 Å². The molecule has 0 radical (unpaired) electrons. The summed E-state index contributed by atoms with van der Waals surface area (Å²) in [4.78, 5) is 21.9. The van der Waals surface area contributed by atoms with Crippen molar-refractivity contribution in [2.75, 3.05) is 6.54 Å². The van der Waals surface area contributed by atoms with E-state index in [4.69, 9.17) is 16.7 Å². The molecule has 2 N–H and O–H groups in total. The minimum Gasteiger partial charge on any atom is -0.393 e. The van der Waals surface area contributed by atoms with Crippen LogP contribution in [-0.2, 0) is 0 Å². The van der Waals surface area contributed by atoms with Crippen molar-refractivity contribution in [1.82, 2.24) is 5.32 Å². The van der Waals surface area contributed by atoms with Crippen molar-refractivity contribution in [2.24, 2.45) is 0 Å². The van der Waals surface area contributed by atoms with Gasteiger partial charge in [-0.3, -0.25) is 14.9 Å². The Morgan fingerprint density at radius 1 is 1.61 bits per heavy atom. The SMILES string of the molecule is CC(O)CCNC(=O)c1cc(Cl)ccc1[N+](=O)[O-]. The summed E-state index contributed by atoms with van der Waals surface area (Å²) in [5.41, 5.74) is -0.382. The Morgan fingerprint density at radius 3 is 2.83 bits per heavy atom. The number of carbonyl (C=O) groups is 1. The molecule has 6 nitrogen and oxygen atoms in total. The third-order valence-corrected chi connectivity index (χ3v) is 2.48. The number of benzene rings is 1. The van der Waals surface area contributed by atoms with E-state index in [0.29, 0.717) is 6.42 Å². The summed E-state index contributed by atoms with van der Waals surface area (Å²) in [6.45, 7) is 1.83. The van der Waals surface area contributed by atoms with Crippen LogP contribution in [0.2, 0.25) is 5.02 Å². The molecule has 0 aromatic heterocycles. The van der Waals surface area contributed by atoms with Crippen LogP contribution in [0.5, 0.6) is 0 Å². The van der Waals surface area contributed by atoms with E-state index in [-0.39, 0.29) is 22.8 Å². The first-order chi connectivity index (χ1) is 8.41. The molecule has 0 heterocycles. The zero-order valence-corrected chi connectivity index (χ0v) is 10.5. The lowest BCUT2D eigenvalue weighted by Crippen LogP contribution is -2.27. The Balaban J connectivity index is 2.84. The molecule has 7 heteroatoms. The second-order valence-corrected chi connectivity index (χ2v) is 4.25. The van der Waals surface area contributed by atoms with Gasteiger partial charge in [0.25, 0.3) is 11.6 Å². The van der Waals surface area contributed by atoms with Gasteiger partial charge in [-0.2, -0.15) is 0 Å². The van der Waals surface area contributed by atoms with Gasteiger partial charge in [-0.1, -0.05) is 11.6 Å². The van der Waals surface area contributed by atoms with Gasteiger partial charge in [-0.25, -0.2) is 0 Å². The fourth-order valence-corrected chi connectivity index (χ4v) is 1.51. The fourth-order valence-electron chi connectivity index (χ4n) is 1.34. The Morgan fingerprint density at radius 2 is 2.28 bits per heavy atom. The molecule has 1 unspecified atom stereocenters. The van der Waals surface area contributed by atoms with E-state index in [1.807, 2.05) is 0 Å². The van der Waals surface area contributed by atoms with Gasteiger partial charge in [-0.05, 0) is 25.5 Å². The van der Waals surface area contributed by atoms with E-state index in [0.717, 1.165) is 0 Å². The lowest BCUT2D eigenvalue weighted by Gasteiger charge is -2.07. The summed E-state index contributed by atoms with van der Waals surface area (Å²) in [5.74, 6) is -0.579. The maximum absolute atomic E-state index is 11.7. The van der Waals surface area contributed by atoms with Gasteiger partial charge in [0.1, 0.15) is 5.56 Å². The lowest BCUT2D eigenvalue weighted by molar-refractivity contribution is -0.385. The highest BCUT2D eigenvalue weighted by Gasteiger charge is 2.20. The number of hydrogen-bond acceptors (Lipinski definition) is 4. The Kier molecular flexibility index (Phi) is 5.06. The van der Waals surface area contributed by atoms with Gasteiger partial charge in [0.2, 0.25) is 0 Å². The van der Waals surface area contributed by atoms with E-state index in [2.05, 4.69) is 5.32 Å². The average Bonchev–Trinajstić information content (AvgIpc) is 2.27. The molecule has 1 aromatic rings. The number of aliphatic hydroxyl groups is 1. The smallest absolute Gasteiger partial charge is 0.282 e. The molecule has 0 bridgehead atoms. The number of amides is 1. The molecule has 0 aliphatic carbocycles. The van der Waals surface area contributed by atoms with Crippen LogP contribution in [0.25, 0.3) is 0 Å². The van der Waals surface area contributed by atoms with Crippen molar-refractivity contribution >= 4 is 23.2 Å². The Hall–Kier alpha value is -1.66. The van der Waals surface area contributed by atoms with E-state index in [9.17, 15) is 14.9 Å². The number of carbonyl (C=O) groups excluding carboxylic acids is 1. The number of aliphatic hydroxyl groups excluding tert-OH is 1. The zero-order chi connectivity index (χ0) is 13.7. The van der Waals surface area contributed by atoms with Crippen molar-refractivity contribution in [3.63, 3.8) is 0 Å². The molecular formula is C11H13ClN2O4. The standard InChI is InChI=1S/C11H13ClN2O4/c1-7(15)4-5-13-11(16)9-6-8(12)2-3-10(9)14(17)18/h2-3,6-7,15H,4-5H2,1H3,(H,13,16). The summed E-state index contributed by atoms with van der Waals surface area (Å²) in [6, 6.07) is 3.79. The van der Waals surface area contributed by atoms with E-state index in [1.165, 1.54) is 18.2 Å². The van der Waals surface area contributed by atoms with Crippen molar-refractivity contribution in [3.8, 4) is 0 Å². The minimum atomic E-state index is -0.639. The highest BCUT2D eigenvalue weighted by Crippen LogP contribution is 2.22. The van der Waals surface area contributed by atoms with Gasteiger partial charge in [0.15, 0.2) is 0 Å². The molecule has 0 spiro atoms. The monoisotopic (exact) mass is 272 g/mol. The first-order valence-corrected chi connectivity index (χ1v) is 5.70. The van der Waals surface area contributed by atoms with Crippen LogP contribution < -0.4 is 5.32 Å². The molecule has 98 valence electrons. The van der Waals surface area contributed by atoms with Crippen molar-refractivity contribution < 1.29 is 14.8 Å². The van der Waals surface area contributed by atoms with Crippen molar-refractivity contribution in [1.29, 1.82) is 0 Å². The van der Waals surface area contributed by atoms with Crippen LogP contribution >= 0.6 is 11.6 Å². The van der Waals surface area contributed by atoms with Crippen LogP contribution in [0.4, 0.5) is 5.69 Å². The van der Waals surface area contributed by atoms with E-state index >= 15 is 0 Å². The minimum absolute atomic E-state index is 0.0851. The van der Waals surface area contributed by atoms with E-state index in [1.54, 1.807) is 6.92 Å². The Labute approximate surface area is 109 Å². The van der Waals surface area contributed by atoms with Gasteiger partial charge in [-0.15, -0.1) is 0 Å². The van der Waals surface area contributed by atoms with Gasteiger partial charge >= 0.3 is 0 Å². The molecule has 1 atom stereocenters. The predicted molar refractivity (Wildman–Crippen MR) is 66.7 cm³/mol. The maximum atomic E-state index is 11.7. The third-order valence-electron chi connectivity index (χ3n) is 2.25. The van der Waals surface area contributed by atoms with Crippen LogP contribution in [0.1, 0.15) is 23.7 Å². The first kappa shape index (κ1) is 14.4. The number of nitro benzene ring substituents is 1. The molecule has 1 rings (SSSR count). The second-order valence-electron chi connectivity index (χ2n) is 3.81. The molecule has 0 fully saturated rings. The third kappa shape index (κ3) is 3.97. The molecular weight excluding hydrogens is 260 g/mol. The summed E-state index contributed by atoms with van der Waals surface area (Å²) in [7, 11) is 0. The maximum Gasteiger partial charge on any atom is 0.282 e. The van der Waals surface area contributed by atoms with Gasteiger partial charge < -0.3 is 10.4 Å². The van der Waals surface area contributed by atoms with Crippen LogP contribution in [0.3, 0.4) is 0 Å². The number of nitro groups is 1. The molecule has 0 saturated carbocycles. The predicted octanol–water partition coefficient (Wildman–Crippen LogP) is 1.75. The summed E-state index contributed by atoms with van der Waals surface area (Å²) in [6.07, 6.45) is -0.167. The quantitative estimate of drug-likeness (QED) is 0.631. The number of nitrogens with one attached hydrogen (secondary N) is 1. The van der Waals surface area contributed by atoms with E-state index < -0.39 is 16.9 Å². The molecule has 18 heavy (non-hydrogen) atoms. The van der Waals surface area contributed by atoms with Crippen LogP contribution in [0.15, 0.2) is 18.2 Å². The molecule has 1 aromatic carbocycles. The highest BCUT2D eigenvalue weighted by atomic mass is 35.5. The topological polar surface area (TPSA) is 92.5 Å². The number of hydrogen-bond donors (Lipinski definition) is 2. The fraction of sp³-hybridized carbons (Fsp3) is 0.364.